The van der Waals surface area contributed by atoms with E-state index in [1.807, 2.05) is 18.2 Å². The van der Waals surface area contributed by atoms with Crippen molar-refractivity contribution in [2.75, 3.05) is 38.6 Å². The van der Waals surface area contributed by atoms with Gasteiger partial charge in [0, 0.05) is 41.9 Å². The number of hydrogen-bond donors (Lipinski definition) is 2. The number of amides is 1. The molecular formula is C23H26Cl2N4O4S. The number of nitrogens with one attached hydrogen (secondary N) is 2. The predicted molar refractivity (Wildman–Crippen MR) is 135 cm³/mol. The van der Waals surface area contributed by atoms with Gasteiger partial charge < -0.3 is 15.4 Å². The number of anilines is 1. The Bertz CT molecular complexity index is 1270. The van der Waals surface area contributed by atoms with Gasteiger partial charge in [0.15, 0.2) is 0 Å². The zero-order valence-electron chi connectivity index (χ0n) is 18.8. The van der Waals surface area contributed by atoms with Crippen LogP contribution >= 0.6 is 23.2 Å². The van der Waals surface area contributed by atoms with Crippen LogP contribution in [0.15, 0.2) is 53.6 Å². The highest BCUT2D eigenvalue weighted by atomic mass is 35.5. The van der Waals surface area contributed by atoms with Gasteiger partial charge in [-0.15, -0.1) is 0 Å². The number of carbonyl (C=O) groups is 1. The number of likely N-dealkylation sites (N-methyl/N-ethyl adjacent to an activating group) is 1. The lowest BCUT2D eigenvalue weighted by Crippen LogP contribution is -2.41. The van der Waals surface area contributed by atoms with Crippen LogP contribution in [0.4, 0.5) is 5.69 Å². The molecule has 0 spiro atoms. The van der Waals surface area contributed by atoms with E-state index in [4.69, 9.17) is 27.9 Å². The molecule has 0 radical (unpaired) electrons. The summed E-state index contributed by atoms with van der Waals surface area (Å²) in [5, 5.41) is 7.86. The van der Waals surface area contributed by atoms with Crippen molar-refractivity contribution in [3.63, 3.8) is 0 Å². The highest BCUT2D eigenvalue weighted by Crippen LogP contribution is 2.28. The van der Waals surface area contributed by atoms with Crippen molar-refractivity contribution in [3.8, 4) is 5.75 Å². The summed E-state index contributed by atoms with van der Waals surface area (Å²) >= 11 is 12.1. The van der Waals surface area contributed by atoms with Gasteiger partial charge in [-0.1, -0.05) is 30.1 Å². The van der Waals surface area contributed by atoms with E-state index in [1.54, 1.807) is 19.2 Å². The Morgan fingerprint density at radius 1 is 1.12 bits per heavy atom. The molecule has 11 heteroatoms. The first-order valence-electron chi connectivity index (χ1n) is 10.6. The molecule has 1 heterocycles. The van der Waals surface area contributed by atoms with Crippen molar-refractivity contribution < 1.29 is 17.9 Å². The summed E-state index contributed by atoms with van der Waals surface area (Å²) in [4.78, 5) is 16.7. The van der Waals surface area contributed by atoms with Crippen molar-refractivity contribution in [3.05, 3.63) is 58.7 Å². The first-order chi connectivity index (χ1) is 16.3. The largest absolute Gasteiger partial charge is 0.495 e. The second-order valence-corrected chi connectivity index (χ2v) is 10.2. The average Bonchev–Trinajstić information content (AvgIpc) is 2.81. The fourth-order valence-corrected chi connectivity index (χ4v) is 5.27. The van der Waals surface area contributed by atoms with E-state index in [1.165, 1.54) is 25.3 Å². The first-order valence-corrected chi connectivity index (χ1v) is 12.8. The van der Waals surface area contributed by atoms with Gasteiger partial charge in [0.05, 0.1) is 29.1 Å². The molecular weight excluding hydrogens is 499 g/mol. The highest BCUT2D eigenvalue weighted by Gasteiger charge is 2.26. The lowest BCUT2D eigenvalue weighted by atomic mass is 10.2. The molecule has 2 N–H and O–H groups in total. The Hall–Kier alpha value is -2.59. The molecule has 0 atom stereocenters. The number of carbonyl (C=O) groups excluding carboxylic acids is 1. The van der Waals surface area contributed by atoms with E-state index in [9.17, 15) is 13.2 Å². The predicted octanol–water partition coefficient (Wildman–Crippen LogP) is 4.18. The number of methoxy groups -OCH3 is 1. The quantitative estimate of drug-likeness (QED) is 0.365. The van der Waals surface area contributed by atoms with Crippen LogP contribution < -0.4 is 15.4 Å². The van der Waals surface area contributed by atoms with Crippen molar-refractivity contribution in [2.24, 2.45) is 0 Å². The van der Waals surface area contributed by atoms with Crippen molar-refractivity contribution in [2.45, 2.75) is 18.2 Å². The van der Waals surface area contributed by atoms with E-state index in [0.29, 0.717) is 30.3 Å². The molecule has 0 bridgehead atoms. The summed E-state index contributed by atoms with van der Waals surface area (Å²) in [6, 6.07) is 11.6. The fraction of sp³-hybridized carbons (Fsp3) is 0.304. The number of rotatable bonds is 11. The van der Waals surface area contributed by atoms with Crippen LogP contribution in [-0.2, 0) is 14.8 Å². The Morgan fingerprint density at radius 3 is 2.62 bits per heavy atom. The SMILES string of the molecule is CCN(CC(=O)NCCCNc1ccnc2cc(Cl)ccc12)S(=O)(=O)c1ccc(OC)c(Cl)c1. The van der Waals surface area contributed by atoms with Gasteiger partial charge in [-0.2, -0.15) is 4.31 Å². The van der Waals surface area contributed by atoms with Crippen LogP contribution in [0.25, 0.3) is 10.9 Å². The van der Waals surface area contributed by atoms with E-state index < -0.39 is 10.0 Å². The van der Waals surface area contributed by atoms with Crippen LogP contribution in [0.5, 0.6) is 5.75 Å². The zero-order valence-corrected chi connectivity index (χ0v) is 21.2. The minimum Gasteiger partial charge on any atom is -0.495 e. The number of benzene rings is 2. The highest BCUT2D eigenvalue weighted by molar-refractivity contribution is 7.89. The summed E-state index contributed by atoms with van der Waals surface area (Å²) < 4.78 is 32.0. The normalized spacial score (nSPS) is 11.6. The maximum absolute atomic E-state index is 12.9. The number of ether oxygens (including phenoxy) is 1. The molecule has 0 aliphatic rings. The molecule has 0 saturated heterocycles. The van der Waals surface area contributed by atoms with Gasteiger partial charge in [-0.25, -0.2) is 8.42 Å². The molecule has 0 aliphatic carbocycles. The molecule has 0 saturated carbocycles. The third-order valence-corrected chi connectivity index (χ3v) is 7.58. The van der Waals surface area contributed by atoms with E-state index in [2.05, 4.69) is 15.6 Å². The third kappa shape index (κ3) is 6.29. The molecule has 3 rings (SSSR count). The topological polar surface area (TPSA) is 101 Å². The monoisotopic (exact) mass is 524 g/mol. The Kier molecular flexibility index (Phi) is 8.96. The lowest BCUT2D eigenvalue weighted by Gasteiger charge is -2.20. The average molecular weight is 525 g/mol. The van der Waals surface area contributed by atoms with E-state index in [0.717, 1.165) is 20.9 Å². The molecule has 3 aromatic rings. The number of nitrogens with zero attached hydrogens (tertiary/aromatic N) is 2. The third-order valence-electron chi connectivity index (χ3n) is 5.13. The summed E-state index contributed by atoms with van der Waals surface area (Å²) in [5.41, 5.74) is 1.72. The van der Waals surface area contributed by atoms with Gasteiger partial charge >= 0.3 is 0 Å². The lowest BCUT2D eigenvalue weighted by molar-refractivity contribution is -0.121. The minimum absolute atomic E-state index is 0.00279. The maximum atomic E-state index is 12.9. The summed E-state index contributed by atoms with van der Waals surface area (Å²) in [6.07, 6.45) is 2.36. The van der Waals surface area contributed by atoms with E-state index >= 15 is 0 Å². The van der Waals surface area contributed by atoms with Gasteiger partial charge in [-0.3, -0.25) is 9.78 Å². The molecule has 0 fully saturated rings. The fourth-order valence-electron chi connectivity index (χ4n) is 3.35. The number of pyridine rings is 1. The number of hydrogen-bond acceptors (Lipinski definition) is 6. The number of aromatic nitrogens is 1. The summed E-state index contributed by atoms with van der Waals surface area (Å²) in [7, 11) is -2.44. The molecule has 8 nitrogen and oxygen atoms in total. The molecule has 1 amide bonds. The number of fused-ring (bicyclic) bond motifs is 1. The van der Waals surface area contributed by atoms with Crippen molar-refractivity contribution >= 4 is 55.7 Å². The molecule has 2 aromatic carbocycles. The maximum Gasteiger partial charge on any atom is 0.243 e. The van der Waals surface area contributed by atoms with Crippen molar-refractivity contribution in [1.82, 2.24) is 14.6 Å². The van der Waals surface area contributed by atoms with Gasteiger partial charge in [0.2, 0.25) is 15.9 Å². The first kappa shape index (κ1) is 26.0. The minimum atomic E-state index is -3.88. The van der Waals surface area contributed by atoms with Gasteiger partial charge in [0.25, 0.3) is 0 Å². The van der Waals surface area contributed by atoms with Crippen LogP contribution in [0, 0.1) is 0 Å². The Balaban J connectivity index is 1.51. The van der Waals surface area contributed by atoms with Crippen LogP contribution in [0.1, 0.15) is 13.3 Å². The Labute approximate surface area is 209 Å². The second-order valence-electron chi connectivity index (χ2n) is 7.38. The number of sulfonamides is 1. The molecule has 0 aliphatic heterocycles. The van der Waals surface area contributed by atoms with Crippen LogP contribution in [0.3, 0.4) is 0 Å². The smallest absolute Gasteiger partial charge is 0.243 e. The van der Waals surface area contributed by atoms with Gasteiger partial charge in [0.1, 0.15) is 5.75 Å². The standard InChI is InChI=1S/C23H26Cl2N4O4S/c1-3-29(34(31,32)17-6-8-22(33-2)19(25)14-17)15-23(30)28-11-4-10-26-20-9-12-27-21-13-16(24)5-7-18(20)21/h5-9,12-14H,3-4,10-11,15H2,1-2H3,(H,26,27)(H,28,30). The van der Waals surface area contributed by atoms with Crippen LogP contribution in [0.2, 0.25) is 10.0 Å². The summed E-state index contributed by atoms with van der Waals surface area (Å²) in [5.74, 6) is -0.00684. The van der Waals surface area contributed by atoms with E-state index in [-0.39, 0.29) is 28.9 Å². The van der Waals surface area contributed by atoms with Crippen molar-refractivity contribution in [1.29, 1.82) is 0 Å². The molecule has 0 unspecified atom stereocenters. The van der Waals surface area contributed by atoms with Crippen LogP contribution in [-0.4, -0.2) is 56.9 Å². The second kappa shape index (κ2) is 11.7. The molecule has 1 aromatic heterocycles. The zero-order chi connectivity index (χ0) is 24.7. The Morgan fingerprint density at radius 2 is 1.91 bits per heavy atom. The van der Waals surface area contributed by atoms with Gasteiger partial charge in [-0.05, 0) is 48.9 Å². The molecule has 182 valence electrons. The molecule has 34 heavy (non-hydrogen) atoms. The number of halogens is 2. The summed E-state index contributed by atoms with van der Waals surface area (Å²) in [6.45, 7) is 2.53.